The molecule has 1 atom stereocenters. The minimum Gasteiger partial charge on any atom is -0.322 e. The number of nitrogens with zero attached hydrogens (tertiary/aromatic N) is 3. The molecule has 0 saturated heterocycles. The van der Waals surface area contributed by atoms with Gasteiger partial charge in [0.15, 0.2) is 0 Å². The van der Waals surface area contributed by atoms with Gasteiger partial charge < -0.3 is 4.57 Å². The monoisotopic (exact) mass is 271 g/mol. The number of carbonyl (C=O) groups excluding carboxylic acids is 1. The molecule has 6 nitrogen and oxygen atoms in total. The standard InChI is InChI=1S/C11H18N3O3P/c1-13(8-14(16)9-15)11(18(2,3)17)10-5-4-6-12-7-10/h4-7,9,11,16H,8H2,1-3H3. The molecule has 7 heteroatoms. The molecule has 0 aromatic carbocycles. The number of rotatable bonds is 6. The third-order valence-corrected chi connectivity index (χ3v) is 4.35. The lowest BCUT2D eigenvalue weighted by atomic mass is 10.3. The van der Waals surface area contributed by atoms with Crippen LogP contribution in [0.4, 0.5) is 0 Å². The van der Waals surface area contributed by atoms with Gasteiger partial charge in [-0.15, -0.1) is 0 Å². The quantitative estimate of drug-likeness (QED) is 0.278. The Bertz CT molecular complexity index is 434. The fraction of sp³-hybridized carbons (Fsp3) is 0.455. The molecule has 0 bridgehead atoms. The van der Waals surface area contributed by atoms with Crippen LogP contribution in [0.25, 0.3) is 0 Å². The number of hydrogen-bond donors (Lipinski definition) is 1. The summed E-state index contributed by atoms with van der Waals surface area (Å²) in [6.07, 6.45) is 3.59. The van der Waals surface area contributed by atoms with E-state index in [0.717, 1.165) is 5.56 Å². The Morgan fingerprint density at radius 1 is 1.56 bits per heavy atom. The minimum atomic E-state index is -2.49. The average Bonchev–Trinajstić information content (AvgIpc) is 2.28. The Morgan fingerprint density at radius 2 is 2.22 bits per heavy atom. The van der Waals surface area contributed by atoms with Gasteiger partial charge in [-0.05, 0) is 32.0 Å². The van der Waals surface area contributed by atoms with Gasteiger partial charge >= 0.3 is 0 Å². The van der Waals surface area contributed by atoms with E-state index in [1.807, 2.05) is 6.07 Å². The van der Waals surface area contributed by atoms with E-state index in [2.05, 4.69) is 4.98 Å². The topological polar surface area (TPSA) is 73.7 Å². The highest BCUT2D eigenvalue weighted by Crippen LogP contribution is 2.53. The summed E-state index contributed by atoms with van der Waals surface area (Å²) < 4.78 is 12.4. The van der Waals surface area contributed by atoms with Crippen molar-refractivity contribution in [2.24, 2.45) is 0 Å². The molecule has 1 aromatic heterocycles. The lowest BCUT2D eigenvalue weighted by Crippen LogP contribution is -2.35. The second-order valence-corrected chi connectivity index (χ2v) is 7.89. The Kier molecular flexibility index (Phi) is 5.02. The zero-order chi connectivity index (χ0) is 13.8. The van der Waals surface area contributed by atoms with Crippen LogP contribution in [0.2, 0.25) is 0 Å². The molecule has 0 aliphatic carbocycles. The predicted octanol–water partition coefficient (Wildman–Crippen LogP) is 1.44. The number of carbonyl (C=O) groups is 1. The number of hydrogen-bond acceptors (Lipinski definition) is 5. The maximum Gasteiger partial charge on any atom is 0.234 e. The van der Waals surface area contributed by atoms with Crippen LogP contribution in [0.15, 0.2) is 24.5 Å². The average molecular weight is 271 g/mol. The molecular formula is C11H18N3O3P. The second-order valence-electron chi connectivity index (χ2n) is 4.54. The van der Waals surface area contributed by atoms with Crippen molar-refractivity contribution in [3.63, 3.8) is 0 Å². The van der Waals surface area contributed by atoms with Crippen molar-refractivity contribution >= 4 is 13.6 Å². The van der Waals surface area contributed by atoms with Crippen molar-refractivity contribution in [3.05, 3.63) is 30.1 Å². The van der Waals surface area contributed by atoms with Crippen LogP contribution in [0, 0.1) is 0 Å². The van der Waals surface area contributed by atoms with Gasteiger partial charge in [-0.3, -0.25) is 19.9 Å². The molecular weight excluding hydrogens is 253 g/mol. The zero-order valence-corrected chi connectivity index (χ0v) is 11.6. The van der Waals surface area contributed by atoms with Crippen molar-refractivity contribution in [3.8, 4) is 0 Å². The molecule has 18 heavy (non-hydrogen) atoms. The molecule has 0 fully saturated rings. The number of aromatic nitrogens is 1. The molecule has 0 saturated carbocycles. The Morgan fingerprint density at radius 3 is 2.67 bits per heavy atom. The first-order valence-corrected chi connectivity index (χ1v) is 8.09. The van der Waals surface area contributed by atoms with Gasteiger partial charge in [-0.25, -0.2) is 5.06 Å². The SMILES string of the molecule is CN(CN(O)C=O)C(c1cccnc1)P(C)(C)=O. The fourth-order valence-corrected chi connectivity index (χ4v) is 3.85. The zero-order valence-electron chi connectivity index (χ0n) is 10.7. The summed E-state index contributed by atoms with van der Waals surface area (Å²) in [7, 11) is -0.790. The number of amides is 1. The highest BCUT2D eigenvalue weighted by Gasteiger charge is 2.29. The van der Waals surface area contributed by atoms with Crippen LogP contribution in [0.3, 0.4) is 0 Å². The van der Waals surface area contributed by atoms with E-state index in [-0.39, 0.29) is 12.5 Å². The van der Waals surface area contributed by atoms with Crippen LogP contribution in [-0.4, -0.2) is 53.6 Å². The summed E-state index contributed by atoms with van der Waals surface area (Å²) in [5.41, 5.74) is 0.799. The van der Waals surface area contributed by atoms with E-state index in [4.69, 9.17) is 0 Å². The summed E-state index contributed by atoms with van der Waals surface area (Å²) in [6.45, 7) is 3.32. The number of hydroxylamine groups is 2. The maximum absolute atomic E-state index is 12.4. The minimum absolute atomic E-state index is 0.0191. The van der Waals surface area contributed by atoms with Gasteiger partial charge in [-0.1, -0.05) is 6.07 Å². The van der Waals surface area contributed by atoms with E-state index >= 15 is 0 Å². The predicted molar refractivity (Wildman–Crippen MR) is 68.8 cm³/mol. The maximum atomic E-state index is 12.4. The van der Waals surface area contributed by atoms with Gasteiger partial charge in [0.2, 0.25) is 6.41 Å². The third kappa shape index (κ3) is 3.91. The van der Waals surface area contributed by atoms with Crippen molar-refractivity contribution < 1.29 is 14.6 Å². The van der Waals surface area contributed by atoms with Crippen molar-refractivity contribution in [1.82, 2.24) is 14.9 Å². The molecule has 1 amide bonds. The summed E-state index contributed by atoms with van der Waals surface area (Å²) in [5.74, 6) is -0.388. The summed E-state index contributed by atoms with van der Waals surface area (Å²) in [4.78, 5) is 16.1. The van der Waals surface area contributed by atoms with Gasteiger partial charge in [-0.2, -0.15) is 0 Å². The van der Waals surface area contributed by atoms with Gasteiger partial charge in [0.25, 0.3) is 0 Å². The first-order valence-electron chi connectivity index (χ1n) is 5.42. The summed E-state index contributed by atoms with van der Waals surface area (Å²) >= 11 is 0. The molecule has 1 aromatic rings. The second kappa shape index (κ2) is 6.09. The fourth-order valence-electron chi connectivity index (χ4n) is 1.96. The van der Waals surface area contributed by atoms with Crippen LogP contribution < -0.4 is 0 Å². The van der Waals surface area contributed by atoms with Crippen LogP contribution in [0.5, 0.6) is 0 Å². The third-order valence-electron chi connectivity index (χ3n) is 2.48. The Labute approximate surface area is 107 Å². The first kappa shape index (κ1) is 14.8. The van der Waals surface area contributed by atoms with Crippen LogP contribution >= 0.6 is 7.14 Å². The van der Waals surface area contributed by atoms with E-state index in [0.29, 0.717) is 11.5 Å². The van der Waals surface area contributed by atoms with Gasteiger partial charge in [0.1, 0.15) is 13.8 Å². The molecule has 1 unspecified atom stereocenters. The molecule has 1 heterocycles. The van der Waals surface area contributed by atoms with Crippen LogP contribution in [-0.2, 0) is 9.36 Å². The lowest BCUT2D eigenvalue weighted by Gasteiger charge is -2.32. The first-order chi connectivity index (χ1) is 8.36. The van der Waals surface area contributed by atoms with Gasteiger partial charge in [0, 0.05) is 12.4 Å². The molecule has 0 aliphatic heterocycles. The lowest BCUT2D eigenvalue weighted by molar-refractivity contribution is -0.158. The van der Waals surface area contributed by atoms with Crippen LogP contribution in [0.1, 0.15) is 11.3 Å². The van der Waals surface area contributed by atoms with E-state index < -0.39 is 7.14 Å². The highest BCUT2D eigenvalue weighted by atomic mass is 31.2. The molecule has 100 valence electrons. The van der Waals surface area contributed by atoms with Crippen molar-refractivity contribution in [2.75, 3.05) is 27.0 Å². The largest absolute Gasteiger partial charge is 0.322 e. The highest BCUT2D eigenvalue weighted by molar-refractivity contribution is 7.62. The summed E-state index contributed by atoms with van der Waals surface area (Å²) in [6, 6.07) is 3.60. The molecule has 1 rings (SSSR count). The van der Waals surface area contributed by atoms with E-state index in [1.54, 1.807) is 43.7 Å². The Balaban J connectivity index is 3.00. The van der Waals surface area contributed by atoms with Crippen molar-refractivity contribution in [2.45, 2.75) is 5.78 Å². The molecule has 0 aliphatic rings. The van der Waals surface area contributed by atoms with E-state index in [1.165, 1.54) is 0 Å². The number of pyridine rings is 1. The molecule has 1 N–H and O–H groups in total. The molecule has 0 spiro atoms. The normalized spacial score (nSPS) is 13.4. The summed E-state index contributed by atoms with van der Waals surface area (Å²) in [5, 5.41) is 9.72. The Hall–Kier alpha value is -1.23. The van der Waals surface area contributed by atoms with E-state index in [9.17, 15) is 14.6 Å². The smallest absolute Gasteiger partial charge is 0.234 e. The van der Waals surface area contributed by atoms with Crippen molar-refractivity contribution in [1.29, 1.82) is 0 Å². The molecule has 0 radical (unpaired) electrons. The van der Waals surface area contributed by atoms with Gasteiger partial charge in [0.05, 0.1) is 5.78 Å².